The highest BCUT2D eigenvalue weighted by atomic mass is 32.2. The quantitative estimate of drug-likeness (QED) is 0.0558. The molecule has 0 spiro atoms. The highest BCUT2D eigenvalue weighted by Crippen LogP contribution is 2.41. The molecule has 1 aliphatic heterocycles. The zero-order chi connectivity index (χ0) is 44.4. The van der Waals surface area contributed by atoms with Crippen LogP contribution in [-0.2, 0) is 32.0 Å². The predicted molar refractivity (Wildman–Crippen MR) is 241 cm³/mol. The second-order valence-corrected chi connectivity index (χ2v) is 17.2. The molecule has 1 atom stereocenters. The van der Waals surface area contributed by atoms with E-state index in [1.807, 2.05) is 36.4 Å². The number of methoxy groups -OCH3 is 2. The van der Waals surface area contributed by atoms with E-state index in [0.717, 1.165) is 10.4 Å². The second-order valence-electron chi connectivity index (χ2n) is 14.9. The smallest absolute Gasteiger partial charge is 0.410 e. The normalized spacial score (nSPS) is 12.9. The summed E-state index contributed by atoms with van der Waals surface area (Å²) in [5.41, 5.74) is 2.21. The van der Waals surface area contributed by atoms with Crippen LogP contribution in [0.2, 0.25) is 0 Å². The molecule has 6 rings (SSSR count). The number of hydrogen-bond acceptors (Lipinski definition) is 11. The molecule has 1 aromatic heterocycles. The number of anilines is 2. The van der Waals surface area contributed by atoms with Crippen LogP contribution in [0, 0.1) is 0 Å². The molecule has 0 bridgehead atoms. The van der Waals surface area contributed by atoms with Crippen LogP contribution in [-0.4, -0.2) is 67.7 Å². The minimum atomic E-state index is -0.810. The van der Waals surface area contributed by atoms with Crippen molar-refractivity contribution >= 4 is 69.6 Å². The fourth-order valence-corrected chi connectivity index (χ4v) is 8.84. The van der Waals surface area contributed by atoms with Gasteiger partial charge in [-0.05, 0) is 99.8 Å². The molecule has 15 heteroatoms. The Hall–Kier alpha value is -6.58. The first kappa shape index (κ1) is 45.0. The number of fused-ring (bicyclic) bond motifs is 1. The highest BCUT2D eigenvalue weighted by Gasteiger charge is 2.34. The summed E-state index contributed by atoms with van der Waals surface area (Å²) in [6.07, 6.45) is 1.43. The number of rotatable bonds is 14. The summed E-state index contributed by atoms with van der Waals surface area (Å²) in [4.78, 5) is 71.2. The molecule has 1 unspecified atom stereocenters. The molecule has 0 radical (unpaired) electrons. The molecule has 0 fully saturated rings. The van der Waals surface area contributed by atoms with E-state index in [2.05, 4.69) is 16.0 Å². The molecule has 5 aromatic rings. The van der Waals surface area contributed by atoms with E-state index in [-0.39, 0.29) is 24.4 Å². The van der Waals surface area contributed by atoms with Crippen LogP contribution in [0.4, 0.5) is 15.5 Å². The van der Waals surface area contributed by atoms with Gasteiger partial charge in [0.15, 0.2) is 0 Å². The van der Waals surface area contributed by atoms with Gasteiger partial charge in [0.2, 0.25) is 5.91 Å². The molecule has 4 aromatic carbocycles. The van der Waals surface area contributed by atoms with E-state index >= 15 is 0 Å². The molecule has 1 aliphatic rings. The van der Waals surface area contributed by atoms with Gasteiger partial charge < -0.3 is 39.8 Å². The van der Waals surface area contributed by atoms with Crippen LogP contribution in [0.3, 0.4) is 0 Å². The molecule has 62 heavy (non-hydrogen) atoms. The van der Waals surface area contributed by atoms with Gasteiger partial charge in [0.1, 0.15) is 33.0 Å². The number of ether oxygens (including phenoxy) is 4. The van der Waals surface area contributed by atoms with Gasteiger partial charge in [-0.2, -0.15) is 0 Å². The fraction of sp³-hybridized carbons (Fsp3) is 0.255. The van der Waals surface area contributed by atoms with Gasteiger partial charge in [-0.3, -0.25) is 14.4 Å². The fourth-order valence-electron chi connectivity index (χ4n) is 6.50. The van der Waals surface area contributed by atoms with E-state index in [0.29, 0.717) is 56.7 Å². The Labute approximate surface area is 368 Å². The first-order valence-electron chi connectivity index (χ1n) is 19.8. The van der Waals surface area contributed by atoms with Crippen molar-refractivity contribution in [2.75, 3.05) is 38.0 Å². The SMILES string of the molecule is CCOC(=O)c1c(NC(=O)C(Sc2cccc(NC(=O)/C(=C\c3cc(OC)ccc3OC)NC(=O)c3ccccc3)c2)c2ccccc2)sc2c1CCN(C(=O)OC(C)(C)C)C2. The second kappa shape index (κ2) is 20.3. The standard InChI is InChI=1S/C47H48N4O9S2/c1-7-59-45(55)39-35-23-24-51(46(56)60-47(2,3)4)28-38(35)62-44(39)50-43(54)40(29-15-10-8-11-16-29)61-34-20-14-19-32(27-34)48-42(53)36(49-41(52)30-17-12-9-13-18-30)26-31-25-33(57-5)21-22-37(31)58-6/h8-22,25-27,40H,7,23-24,28H2,1-6H3,(H,48,53)(H,49,52)(H,50,54)/b36-26+. The van der Waals surface area contributed by atoms with Crippen molar-refractivity contribution in [3.05, 3.63) is 142 Å². The van der Waals surface area contributed by atoms with Gasteiger partial charge in [-0.25, -0.2) is 9.59 Å². The maximum atomic E-state index is 14.4. The van der Waals surface area contributed by atoms with Crippen molar-refractivity contribution in [3.63, 3.8) is 0 Å². The summed E-state index contributed by atoms with van der Waals surface area (Å²) < 4.78 is 22.0. The molecular formula is C47H48N4O9S2. The van der Waals surface area contributed by atoms with Gasteiger partial charge in [-0.15, -0.1) is 23.1 Å². The summed E-state index contributed by atoms with van der Waals surface area (Å²) in [5, 5.41) is 8.20. The molecule has 0 aliphatic carbocycles. The Morgan fingerprint density at radius 1 is 0.871 bits per heavy atom. The van der Waals surface area contributed by atoms with Crippen molar-refractivity contribution in [1.82, 2.24) is 10.2 Å². The predicted octanol–water partition coefficient (Wildman–Crippen LogP) is 9.12. The first-order valence-corrected chi connectivity index (χ1v) is 21.5. The zero-order valence-corrected chi connectivity index (χ0v) is 36.9. The molecule has 322 valence electrons. The molecule has 4 amide bonds. The Morgan fingerprint density at radius 3 is 2.27 bits per heavy atom. The van der Waals surface area contributed by atoms with E-state index < -0.39 is 40.6 Å². The third kappa shape index (κ3) is 11.4. The Balaban J connectivity index is 1.27. The number of thiophene rings is 1. The number of nitrogens with one attached hydrogen (secondary N) is 3. The molecule has 3 N–H and O–H groups in total. The lowest BCUT2D eigenvalue weighted by atomic mass is 10.0. The van der Waals surface area contributed by atoms with Crippen LogP contribution in [0.1, 0.15) is 75.2 Å². The number of nitrogens with zero attached hydrogens (tertiary/aromatic N) is 1. The minimum Gasteiger partial charge on any atom is -0.497 e. The summed E-state index contributed by atoms with van der Waals surface area (Å²) in [6.45, 7) is 7.81. The van der Waals surface area contributed by atoms with E-state index in [4.69, 9.17) is 18.9 Å². The zero-order valence-electron chi connectivity index (χ0n) is 35.2. The van der Waals surface area contributed by atoms with Gasteiger partial charge in [0, 0.05) is 33.1 Å². The third-order valence-corrected chi connectivity index (χ3v) is 11.8. The topological polar surface area (TPSA) is 162 Å². The lowest BCUT2D eigenvalue weighted by Gasteiger charge is -2.30. The molecular weight excluding hydrogens is 829 g/mol. The highest BCUT2D eigenvalue weighted by molar-refractivity contribution is 8.00. The van der Waals surface area contributed by atoms with Gasteiger partial charge in [0.25, 0.3) is 11.8 Å². The van der Waals surface area contributed by atoms with Crippen LogP contribution in [0.25, 0.3) is 6.08 Å². The van der Waals surface area contributed by atoms with E-state index in [1.165, 1.54) is 43.4 Å². The van der Waals surface area contributed by atoms with Gasteiger partial charge in [0.05, 0.1) is 32.9 Å². The maximum Gasteiger partial charge on any atom is 0.410 e. The minimum absolute atomic E-state index is 0.0599. The lowest BCUT2D eigenvalue weighted by Crippen LogP contribution is -2.39. The van der Waals surface area contributed by atoms with Crippen LogP contribution in [0.15, 0.2) is 114 Å². The summed E-state index contributed by atoms with van der Waals surface area (Å²) >= 11 is 2.48. The average Bonchev–Trinajstić information content (AvgIpc) is 3.62. The first-order chi connectivity index (χ1) is 29.8. The number of carbonyl (C=O) groups excluding carboxylic acids is 5. The maximum absolute atomic E-state index is 14.4. The van der Waals surface area contributed by atoms with Crippen molar-refractivity contribution in [2.45, 2.75) is 56.4 Å². The molecule has 13 nitrogen and oxygen atoms in total. The Morgan fingerprint density at radius 2 is 1.60 bits per heavy atom. The number of amides is 4. The largest absolute Gasteiger partial charge is 0.497 e. The number of esters is 1. The van der Waals surface area contributed by atoms with Crippen molar-refractivity contribution in [3.8, 4) is 11.5 Å². The lowest BCUT2D eigenvalue weighted by molar-refractivity contribution is -0.116. The van der Waals surface area contributed by atoms with E-state index in [9.17, 15) is 24.0 Å². The van der Waals surface area contributed by atoms with Gasteiger partial charge in [-0.1, -0.05) is 54.6 Å². The Bertz CT molecular complexity index is 2460. The van der Waals surface area contributed by atoms with Crippen LogP contribution >= 0.6 is 23.1 Å². The van der Waals surface area contributed by atoms with Crippen molar-refractivity contribution in [2.24, 2.45) is 0 Å². The van der Waals surface area contributed by atoms with Crippen molar-refractivity contribution in [1.29, 1.82) is 0 Å². The number of thioether (sulfide) groups is 1. The third-order valence-electron chi connectivity index (χ3n) is 9.38. The molecule has 0 saturated heterocycles. The monoisotopic (exact) mass is 876 g/mol. The summed E-state index contributed by atoms with van der Waals surface area (Å²) in [7, 11) is 3.03. The van der Waals surface area contributed by atoms with Crippen molar-refractivity contribution < 1.29 is 42.9 Å². The number of benzene rings is 4. The van der Waals surface area contributed by atoms with E-state index in [1.54, 1.807) is 99.3 Å². The van der Waals surface area contributed by atoms with Crippen LogP contribution < -0.4 is 25.4 Å². The van der Waals surface area contributed by atoms with Gasteiger partial charge >= 0.3 is 12.1 Å². The summed E-state index contributed by atoms with van der Waals surface area (Å²) in [6, 6.07) is 29.8. The number of carbonyl (C=O) groups is 5. The molecule has 2 heterocycles. The average molecular weight is 877 g/mol. The molecule has 0 saturated carbocycles. The van der Waals surface area contributed by atoms with Crippen LogP contribution in [0.5, 0.6) is 11.5 Å². The Kier molecular flexibility index (Phi) is 14.7. The number of hydrogen-bond donors (Lipinski definition) is 3. The summed E-state index contributed by atoms with van der Waals surface area (Å²) in [5.74, 6) is -1.09.